The number of nitrogens with zero attached hydrogens (tertiary/aromatic N) is 3. The molecule has 1 aromatic carbocycles. The molecule has 2 heterocycles. The average Bonchev–Trinajstić information content (AvgIpc) is 3.40. The molecule has 3 aromatic rings. The van der Waals surface area contributed by atoms with Crippen molar-refractivity contribution in [3.63, 3.8) is 0 Å². The van der Waals surface area contributed by atoms with Crippen LogP contribution in [0.4, 0.5) is 10.7 Å². The smallest absolute Gasteiger partial charge is 0.269 e. The number of carbonyl (C=O) groups is 2. The first-order valence-corrected chi connectivity index (χ1v) is 11.4. The Bertz CT molecular complexity index is 1360. The zero-order valence-electron chi connectivity index (χ0n) is 18.3. The number of nitrogens with one attached hydrogen (secondary N) is 1. The molecule has 34 heavy (non-hydrogen) atoms. The van der Waals surface area contributed by atoms with Crippen molar-refractivity contribution in [2.45, 2.75) is 26.2 Å². The number of nitriles is 1. The van der Waals surface area contributed by atoms with Crippen LogP contribution >= 0.6 is 11.3 Å². The van der Waals surface area contributed by atoms with Gasteiger partial charge in [-0.05, 0) is 61.1 Å². The fraction of sp³-hybridized carbons (Fsp3) is 0.208. The Morgan fingerprint density at radius 1 is 1.32 bits per heavy atom. The van der Waals surface area contributed by atoms with Gasteiger partial charge in [0.15, 0.2) is 0 Å². The highest BCUT2D eigenvalue weighted by Crippen LogP contribution is 2.39. The monoisotopic (exact) mass is 475 g/mol. The third kappa shape index (κ3) is 4.46. The van der Waals surface area contributed by atoms with E-state index < -0.39 is 16.7 Å². The van der Waals surface area contributed by atoms with Crippen molar-refractivity contribution in [1.29, 1.82) is 5.26 Å². The molecule has 0 fully saturated rings. The van der Waals surface area contributed by atoms with E-state index in [1.807, 2.05) is 6.07 Å². The minimum Gasteiger partial charge on any atom is -0.365 e. The van der Waals surface area contributed by atoms with Crippen LogP contribution in [0.5, 0.6) is 0 Å². The van der Waals surface area contributed by atoms with Crippen LogP contribution in [0.2, 0.25) is 0 Å². The topological polar surface area (TPSA) is 144 Å². The molecule has 9 nitrogen and oxygen atoms in total. The lowest BCUT2D eigenvalue weighted by Gasteiger charge is -2.18. The van der Waals surface area contributed by atoms with Gasteiger partial charge < -0.3 is 15.6 Å². The minimum absolute atomic E-state index is 0.0385. The molecule has 2 aromatic heterocycles. The van der Waals surface area contributed by atoms with Crippen LogP contribution in [0.25, 0.3) is 11.8 Å². The van der Waals surface area contributed by atoms with E-state index in [2.05, 4.69) is 12.2 Å². The number of primary amides is 1. The number of aromatic nitrogens is 1. The maximum Gasteiger partial charge on any atom is 0.269 e. The SMILES string of the molecule is CC1CCc2c(sc(NC(=O)C(C#N)=Cc3cccn3-c3ccc([N+](=O)[O-])cc3)c2C(N)=O)C1. The second-order valence-electron chi connectivity index (χ2n) is 8.12. The Hall–Kier alpha value is -4.23. The van der Waals surface area contributed by atoms with Gasteiger partial charge in [-0.2, -0.15) is 5.26 Å². The molecule has 0 spiro atoms. The van der Waals surface area contributed by atoms with Gasteiger partial charge in [-0.15, -0.1) is 11.3 Å². The van der Waals surface area contributed by atoms with Crippen molar-refractivity contribution in [2.24, 2.45) is 11.7 Å². The molecule has 1 atom stereocenters. The van der Waals surface area contributed by atoms with Gasteiger partial charge in [0.25, 0.3) is 17.5 Å². The van der Waals surface area contributed by atoms with Gasteiger partial charge in [0.1, 0.15) is 16.6 Å². The molecule has 0 saturated carbocycles. The minimum atomic E-state index is -0.645. The number of nitro groups is 1. The standard InChI is InChI=1S/C24H21N5O4S/c1-14-4-9-19-20(11-14)34-24(21(19)22(26)30)27-23(31)15(13-25)12-18-3-2-10-28(18)16-5-7-17(8-6-16)29(32)33/h2-3,5-8,10,12,14H,4,9,11H2,1H3,(H2,26,30)(H,27,31). The van der Waals surface area contributed by atoms with E-state index in [1.165, 1.54) is 29.5 Å². The van der Waals surface area contributed by atoms with Crippen LogP contribution in [0, 0.1) is 27.4 Å². The molecule has 1 aliphatic carbocycles. The zero-order chi connectivity index (χ0) is 24.4. The summed E-state index contributed by atoms with van der Waals surface area (Å²) in [6, 6.07) is 11.3. The fourth-order valence-corrected chi connectivity index (χ4v) is 5.46. The second-order valence-corrected chi connectivity index (χ2v) is 9.23. The third-order valence-electron chi connectivity index (χ3n) is 5.76. The molecular weight excluding hydrogens is 454 g/mol. The van der Waals surface area contributed by atoms with Gasteiger partial charge >= 0.3 is 0 Å². The lowest BCUT2D eigenvalue weighted by Crippen LogP contribution is -2.20. The molecule has 1 aliphatic rings. The summed E-state index contributed by atoms with van der Waals surface area (Å²) < 4.78 is 1.70. The predicted molar refractivity (Wildman–Crippen MR) is 129 cm³/mol. The highest BCUT2D eigenvalue weighted by Gasteiger charge is 2.27. The first-order chi connectivity index (χ1) is 16.3. The second kappa shape index (κ2) is 9.33. The van der Waals surface area contributed by atoms with Crippen molar-refractivity contribution >= 4 is 39.9 Å². The fourth-order valence-electron chi connectivity index (χ4n) is 4.05. The van der Waals surface area contributed by atoms with Crippen LogP contribution in [0.3, 0.4) is 0 Å². The Kier molecular flexibility index (Phi) is 6.30. The van der Waals surface area contributed by atoms with E-state index in [4.69, 9.17) is 5.73 Å². The molecule has 4 rings (SSSR count). The summed E-state index contributed by atoms with van der Waals surface area (Å²) in [6.07, 6.45) is 5.64. The quantitative estimate of drug-likeness (QED) is 0.237. The number of thiophene rings is 1. The van der Waals surface area contributed by atoms with E-state index in [0.29, 0.717) is 27.9 Å². The normalized spacial score (nSPS) is 15.3. The van der Waals surface area contributed by atoms with E-state index in [0.717, 1.165) is 29.7 Å². The van der Waals surface area contributed by atoms with E-state index in [1.54, 1.807) is 35.0 Å². The average molecular weight is 476 g/mol. The largest absolute Gasteiger partial charge is 0.365 e. The number of hydrogen-bond donors (Lipinski definition) is 2. The summed E-state index contributed by atoms with van der Waals surface area (Å²) in [5.41, 5.74) is 7.81. The predicted octanol–water partition coefficient (Wildman–Crippen LogP) is 4.22. The summed E-state index contributed by atoms with van der Waals surface area (Å²) >= 11 is 1.33. The molecule has 172 valence electrons. The van der Waals surface area contributed by atoms with Crippen molar-refractivity contribution in [2.75, 3.05) is 5.32 Å². The Morgan fingerprint density at radius 3 is 2.71 bits per heavy atom. The number of hydrogen-bond acceptors (Lipinski definition) is 6. The van der Waals surface area contributed by atoms with Crippen LogP contribution in [-0.2, 0) is 17.6 Å². The van der Waals surface area contributed by atoms with Gasteiger partial charge in [-0.25, -0.2) is 0 Å². The molecule has 1 unspecified atom stereocenters. The number of rotatable bonds is 6. The van der Waals surface area contributed by atoms with Crippen molar-refractivity contribution in [3.8, 4) is 11.8 Å². The molecule has 3 N–H and O–H groups in total. The maximum absolute atomic E-state index is 13.0. The molecule has 2 amide bonds. The van der Waals surface area contributed by atoms with E-state index >= 15 is 0 Å². The van der Waals surface area contributed by atoms with Crippen LogP contribution in [0.1, 0.15) is 39.8 Å². The van der Waals surface area contributed by atoms with E-state index in [9.17, 15) is 25.0 Å². The van der Waals surface area contributed by atoms with Crippen molar-refractivity contribution in [3.05, 3.63) is 80.0 Å². The molecule has 0 saturated heterocycles. The number of non-ortho nitro benzene ring substituents is 1. The molecule has 0 radical (unpaired) electrons. The summed E-state index contributed by atoms with van der Waals surface area (Å²) in [4.78, 5) is 36.5. The third-order valence-corrected chi connectivity index (χ3v) is 6.93. The Labute approximate surface area is 199 Å². The number of nitro benzene ring substituents is 1. The van der Waals surface area contributed by atoms with Crippen molar-refractivity contribution in [1.82, 2.24) is 4.57 Å². The first-order valence-electron chi connectivity index (χ1n) is 10.6. The highest BCUT2D eigenvalue weighted by atomic mass is 32.1. The number of carbonyl (C=O) groups excluding carboxylic acids is 2. The molecule has 0 bridgehead atoms. The summed E-state index contributed by atoms with van der Waals surface area (Å²) in [6.45, 7) is 2.14. The summed E-state index contributed by atoms with van der Waals surface area (Å²) in [7, 11) is 0. The number of fused-ring (bicyclic) bond motifs is 1. The summed E-state index contributed by atoms with van der Waals surface area (Å²) in [5.74, 6) is -0.762. The number of benzene rings is 1. The molecule has 10 heteroatoms. The lowest BCUT2D eigenvalue weighted by molar-refractivity contribution is -0.384. The number of nitrogens with two attached hydrogens (primary N) is 1. The van der Waals surface area contributed by atoms with Crippen LogP contribution in [0.15, 0.2) is 48.2 Å². The van der Waals surface area contributed by atoms with Gasteiger partial charge in [0.2, 0.25) is 0 Å². The van der Waals surface area contributed by atoms with Gasteiger partial charge in [-0.1, -0.05) is 6.92 Å². The number of anilines is 1. The highest BCUT2D eigenvalue weighted by molar-refractivity contribution is 7.17. The van der Waals surface area contributed by atoms with Gasteiger partial charge in [0, 0.05) is 34.6 Å². The Balaban J connectivity index is 1.63. The van der Waals surface area contributed by atoms with Crippen LogP contribution < -0.4 is 11.1 Å². The summed E-state index contributed by atoms with van der Waals surface area (Å²) in [5, 5.41) is 23.6. The van der Waals surface area contributed by atoms with Crippen molar-refractivity contribution < 1.29 is 14.5 Å². The first kappa shape index (κ1) is 22.9. The van der Waals surface area contributed by atoms with E-state index in [-0.39, 0.29) is 11.3 Å². The Morgan fingerprint density at radius 2 is 2.06 bits per heavy atom. The van der Waals surface area contributed by atoms with Gasteiger partial charge in [0.05, 0.1) is 10.5 Å². The molecule has 0 aliphatic heterocycles. The lowest BCUT2D eigenvalue weighted by atomic mass is 9.88. The number of amides is 2. The van der Waals surface area contributed by atoms with Crippen LogP contribution in [-0.4, -0.2) is 21.3 Å². The van der Waals surface area contributed by atoms with Gasteiger partial charge in [-0.3, -0.25) is 19.7 Å². The maximum atomic E-state index is 13.0. The molecular formula is C24H21N5O4S. The zero-order valence-corrected chi connectivity index (χ0v) is 19.1.